The van der Waals surface area contributed by atoms with Crippen molar-refractivity contribution in [3.05, 3.63) is 89.2 Å². The molecule has 4 rings (SSSR count). The molecule has 1 unspecified atom stereocenters. The fraction of sp³-hybridized carbons (Fsp3) is 0.222. The van der Waals surface area contributed by atoms with Crippen LogP contribution < -0.4 is 10.6 Å². The van der Waals surface area contributed by atoms with Crippen molar-refractivity contribution in [2.24, 2.45) is 0 Å². The Morgan fingerprint density at radius 2 is 1.63 bits per heavy atom. The first-order chi connectivity index (χ1) is 16.9. The minimum Gasteiger partial charge on any atom is -0.478 e. The van der Waals surface area contributed by atoms with Gasteiger partial charge in [0.1, 0.15) is 18.5 Å². The Bertz CT molecular complexity index is 1230. The van der Waals surface area contributed by atoms with Gasteiger partial charge in [0.05, 0.1) is 11.3 Å². The highest BCUT2D eigenvalue weighted by Crippen LogP contribution is 2.44. The van der Waals surface area contributed by atoms with Gasteiger partial charge in [-0.05, 0) is 46.9 Å². The molecule has 35 heavy (non-hydrogen) atoms. The SMILES string of the molecule is CCCC(NC(=O)OCC1c2ccccc2-c2ccccc21)C(=O)Nc1ccc(F)cc1C(=O)O. The summed E-state index contributed by atoms with van der Waals surface area (Å²) in [5.74, 6) is -2.85. The van der Waals surface area contributed by atoms with Crippen LogP contribution in [0.25, 0.3) is 11.1 Å². The van der Waals surface area contributed by atoms with Gasteiger partial charge in [-0.2, -0.15) is 0 Å². The number of fused-ring (bicyclic) bond motifs is 3. The van der Waals surface area contributed by atoms with E-state index < -0.39 is 29.8 Å². The van der Waals surface area contributed by atoms with Crippen molar-refractivity contribution in [1.82, 2.24) is 5.32 Å². The summed E-state index contributed by atoms with van der Waals surface area (Å²) < 4.78 is 19.0. The van der Waals surface area contributed by atoms with Crippen LogP contribution in [0.5, 0.6) is 0 Å². The number of nitrogens with one attached hydrogen (secondary N) is 2. The number of halogens is 1. The molecule has 1 aliphatic carbocycles. The zero-order chi connectivity index (χ0) is 24.9. The average molecular weight is 477 g/mol. The van der Waals surface area contributed by atoms with Gasteiger partial charge in [-0.3, -0.25) is 4.79 Å². The Morgan fingerprint density at radius 1 is 1.00 bits per heavy atom. The maximum absolute atomic E-state index is 13.4. The van der Waals surface area contributed by atoms with Crippen molar-refractivity contribution in [3.63, 3.8) is 0 Å². The molecule has 0 aliphatic heterocycles. The average Bonchev–Trinajstić information content (AvgIpc) is 3.17. The van der Waals surface area contributed by atoms with Crippen LogP contribution in [0.1, 0.15) is 47.2 Å². The highest BCUT2D eigenvalue weighted by molar-refractivity contribution is 6.02. The monoisotopic (exact) mass is 476 g/mol. The first kappa shape index (κ1) is 23.9. The molecule has 3 aromatic carbocycles. The van der Waals surface area contributed by atoms with Crippen molar-refractivity contribution in [2.45, 2.75) is 31.7 Å². The summed E-state index contributed by atoms with van der Waals surface area (Å²) in [6.07, 6.45) is 0.134. The summed E-state index contributed by atoms with van der Waals surface area (Å²) in [7, 11) is 0. The van der Waals surface area contributed by atoms with Gasteiger partial charge in [-0.1, -0.05) is 61.9 Å². The first-order valence-corrected chi connectivity index (χ1v) is 11.3. The van der Waals surface area contributed by atoms with Crippen LogP contribution in [0.4, 0.5) is 14.9 Å². The van der Waals surface area contributed by atoms with E-state index in [2.05, 4.69) is 10.6 Å². The lowest BCUT2D eigenvalue weighted by molar-refractivity contribution is -0.118. The van der Waals surface area contributed by atoms with Gasteiger partial charge in [0, 0.05) is 5.92 Å². The number of anilines is 1. The van der Waals surface area contributed by atoms with E-state index in [4.69, 9.17) is 4.74 Å². The quantitative estimate of drug-likeness (QED) is 0.416. The largest absolute Gasteiger partial charge is 0.478 e. The number of benzene rings is 3. The van der Waals surface area contributed by atoms with Crippen LogP contribution in [-0.2, 0) is 9.53 Å². The lowest BCUT2D eigenvalue weighted by Crippen LogP contribution is -2.44. The predicted molar refractivity (Wildman–Crippen MR) is 129 cm³/mol. The molecule has 0 aromatic heterocycles. The van der Waals surface area contributed by atoms with Gasteiger partial charge < -0.3 is 20.5 Å². The van der Waals surface area contributed by atoms with E-state index >= 15 is 0 Å². The summed E-state index contributed by atoms with van der Waals surface area (Å²) in [5.41, 5.74) is 3.92. The standard InChI is InChI=1S/C27H25FN2O5/c1-2-7-24(25(31)29-23-13-12-16(28)14-21(23)26(32)33)30-27(34)35-15-22-19-10-5-3-8-17(19)18-9-4-6-11-20(18)22/h3-6,8-14,22,24H,2,7,15H2,1H3,(H,29,31)(H,30,34)(H,32,33). The molecule has 0 radical (unpaired) electrons. The molecule has 2 amide bonds. The molecule has 0 heterocycles. The third-order valence-electron chi connectivity index (χ3n) is 6.00. The molecule has 0 bridgehead atoms. The van der Waals surface area contributed by atoms with E-state index in [-0.39, 0.29) is 23.8 Å². The number of hydrogen-bond donors (Lipinski definition) is 3. The first-order valence-electron chi connectivity index (χ1n) is 11.3. The lowest BCUT2D eigenvalue weighted by atomic mass is 9.98. The van der Waals surface area contributed by atoms with Crippen molar-refractivity contribution in [2.75, 3.05) is 11.9 Å². The van der Waals surface area contributed by atoms with E-state index in [1.165, 1.54) is 6.07 Å². The summed E-state index contributed by atoms with van der Waals surface area (Å²) >= 11 is 0. The second kappa shape index (κ2) is 10.4. The minimum atomic E-state index is -1.38. The van der Waals surface area contributed by atoms with Gasteiger partial charge in [-0.15, -0.1) is 0 Å². The van der Waals surface area contributed by atoms with E-state index in [1.807, 2.05) is 55.5 Å². The molecule has 1 atom stereocenters. The van der Waals surface area contributed by atoms with Crippen LogP contribution in [0.2, 0.25) is 0 Å². The van der Waals surface area contributed by atoms with Crippen molar-refractivity contribution in [3.8, 4) is 11.1 Å². The molecule has 8 heteroatoms. The van der Waals surface area contributed by atoms with E-state index in [1.54, 1.807) is 0 Å². The van der Waals surface area contributed by atoms with E-state index in [0.29, 0.717) is 12.8 Å². The molecule has 1 aliphatic rings. The lowest BCUT2D eigenvalue weighted by Gasteiger charge is -2.20. The van der Waals surface area contributed by atoms with Crippen LogP contribution in [0.3, 0.4) is 0 Å². The number of aromatic carboxylic acids is 1. The molecule has 7 nitrogen and oxygen atoms in total. The summed E-state index contributed by atoms with van der Waals surface area (Å²) in [4.78, 5) is 36.9. The Balaban J connectivity index is 1.43. The minimum absolute atomic E-state index is 0.0562. The molecular formula is C27H25FN2O5. The number of carbonyl (C=O) groups excluding carboxylic acids is 2. The summed E-state index contributed by atoms with van der Waals surface area (Å²) in [5, 5.41) is 14.3. The van der Waals surface area contributed by atoms with Crippen molar-refractivity contribution in [1.29, 1.82) is 0 Å². The summed E-state index contributed by atoms with van der Waals surface area (Å²) in [6, 6.07) is 18.0. The third-order valence-corrected chi connectivity index (χ3v) is 6.00. The fourth-order valence-corrected chi connectivity index (χ4v) is 4.36. The van der Waals surface area contributed by atoms with Gasteiger partial charge >= 0.3 is 12.1 Å². The van der Waals surface area contributed by atoms with Crippen molar-refractivity contribution >= 4 is 23.7 Å². The number of hydrogen-bond acceptors (Lipinski definition) is 4. The molecule has 0 saturated carbocycles. The Morgan fingerprint density at radius 3 is 2.23 bits per heavy atom. The van der Waals surface area contributed by atoms with Crippen LogP contribution >= 0.6 is 0 Å². The molecule has 0 spiro atoms. The topological polar surface area (TPSA) is 105 Å². The van der Waals surface area contributed by atoms with Crippen LogP contribution in [0, 0.1) is 5.82 Å². The third kappa shape index (κ3) is 5.16. The normalized spacial score (nSPS) is 12.9. The second-order valence-electron chi connectivity index (χ2n) is 8.30. The Kier molecular flexibility index (Phi) is 7.10. The van der Waals surface area contributed by atoms with Crippen molar-refractivity contribution < 1.29 is 28.6 Å². The Labute approximate surface area is 201 Å². The second-order valence-corrected chi connectivity index (χ2v) is 8.30. The van der Waals surface area contributed by atoms with Crippen LogP contribution in [0.15, 0.2) is 66.7 Å². The molecular weight excluding hydrogens is 451 g/mol. The predicted octanol–water partition coefficient (Wildman–Crippen LogP) is 5.17. The van der Waals surface area contributed by atoms with E-state index in [9.17, 15) is 23.9 Å². The molecule has 3 aromatic rings. The number of ether oxygens (including phenoxy) is 1. The zero-order valence-corrected chi connectivity index (χ0v) is 19.1. The maximum Gasteiger partial charge on any atom is 0.407 e. The van der Waals surface area contributed by atoms with Gasteiger partial charge in [0.15, 0.2) is 0 Å². The highest BCUT2D eigenvalue weighted by atomic mass is 19.1. The summed E-state index contributed by atoms with van der Waals surface area (Å²) in [6.45, 7) is 1.95. The number of carboxylic acid groups (broad SMARTS) is 1. The number of rotatable bonds is 8. The maximum atomic E-state index is 13.4. The molecule has 3 N–H and O–H groups in total. The number of carboxylic acids is 1. The number of alkyl carbamates (subject to hydrolysis) is 1. The van der Waals surface area contributed by atoms with Crippen LogP contribution in [-0.4, -0.2) is 35.7 Å². The number of carbonyl (C=O) groups is 3. The highest BCUT2D eigenvalue weighted by Gasteiger charge is 2.30. The van der Waals surface area contributed by atoms with Gasteiger partial charge in [0.2, 0.25) is 5.91 Å². The smallest absolute Gasteiger partial charge is 0.407 e. The van der Waals surface area contributed by atoms with Gasteiger partial charge in [-0.25, -0.2) is 14.0 Å². The zero-order valence-electron chi connectivity index (χ0n) is 19.1. The molecule has 180 valence electrons. The van der Waals surface area contributed by atoms with E-state index in [0.717, 1.165) is 34.4 Å². The van der Waals surface area contributed by atoms with Gasteiger partial charge in [0.25, 0.3) is 0 Å². The number of amides is 2. The fourth-order valence-electron chi connectivity index (χ4n) is 4.36. The molecule has 0 fully saturated rings. The Hall–Kier alpha value is -4.20. The molecule has 0 saturated heterocycles.